The van der Waals surface area contributed by atoms with Crippen molar-refractivity contribution >= 4 is 6.08 Å². The molecule has 2 aliphatic carbocycles. The van der Waals surface area contributed by atoms with E-state index < -0.39 is 5.54 Å². The van der Waals surface area contributed by atoms with E-state index >= 15 is 0 Å². The minimum absolute atomic E-state index is 0.292. The Hall–Kier alpha value is -1.67. The lowest BCUT2D eigenvalue weighted by molar-refractivity contribution is 0.252. The van der Waals surface area contributed by atoms with Crippen LogP contribution < -0.4 is 4.74 Å². The standard InChI is InChI=1S/C15H16FNO2/c16-13-8-12(15(17-10-18)6-1-7-15)4-5-14(13)19-9-11-2-3-11/h4-5,8,11H,1-3,6-7,9H2. The molecule has 0 aromatic heterocycles. The van der Waals surface area contributed by atoms with E-state index in [1.165, 1.54) is 18.9 Å². The van der Waals surface area contributed by atoms with Crippen molar-refractivity contribution in [1.29, 1.82) is 0 Å². The van der Waals surface area contributed by atoms with Gasteiger partial charge in [-0.05, 0) is 55.7 Å². The lowest BCUT2D eigenvalue weighted by Gasteiger charge is -2.37. The van der Waals surface area contributed by atoms with Crippen molar-refractivity contribution in [3.63, 3.8) is 0 Å². The highest BCUT2D eigenvalue weighted by atomic mass is 19.1. The Morgan fingerprint density at radius 2 is 2.21 bits per heavy atom. The van der Waals surface area contributed by atoms with Gasteiger partial charge in [0, 0.05) is 0 Å². The Bertz CT molecular complexity index is 529. The molecule has 4 heteroatoms. The molecule has 0 amide bonds. The Kier molecular flexibility index (Phi) is 3.11. The van der Waals surface area contributed by atoms with Crippen LogP contribution in [0.25, 0.3) is 0 Å². The summed E-state index contributed by atoms with van der Waals surface area (Å²) in [6, 6.07) is 4.90. The van der Waals surface area contributed by atoms with Crippen LogP contribution in [0.2, 0.25) is 0 Å². The second-order valence-electron chi connectivity index (χ2n) is 5.49. The van der Waals surface area contributed by atoms with Gasteiger partial charge in [-0.1, -0.05) is 6.07 Å². The van der Waals surface area contributed by atoms with Gasteiger partial charge in [0.25, 0.3) is 0 Å². The molecule has 0 spiro atoms. The smallest absolute Gasteiger partial charge is 0.235 e. The van der Waals surface area contributed by atoms with Gasteiger partial charge in [0.15, 0.2) is 11.6 Å². The second kappa shape index (κ2) is 4.78. The molecule has 1 aromatic rings. The molecule has 0 atom stereocenters. The molecule has 0 aliphatic heterocycles. The van der Waals surface area contributed by atoms with Crippen LogP contribution in [0.5, 0.6) is 5.75 Å². The zero-order chi connectivity index (χ0) is 13.3. The van der Waals surface area contributed by atoms with Gasteiger partial charge in [-0.15, -0.1) is 0 Å². The minimum atomic E-state index is -0.544. The van der Waals surface area contributed by atoms with Gasteiger partial charge in [0.2, 0.25) is 6.08 Å². The third-order valence-electron chi connectivity index (χ3n) is 4.08. The first kappa shape index (κ1) is 12.4. The zero-order valence-corrected chi connectivity index (χ0v) is 10.7. The highest BCUT2D eigenvalue weighted by Crippen LogP contribution is 2.45. The monoisotopic (exact) mass is 261 g/mol. The average molecular weight is 261 g/mol. The van der Waals surface area contributed by atoms with Crippen molar-refractivity contribution in [2.45, 2.75) is 37.6 Å². The van der Waals surface area contributed by atoms with E-state index in [2.05, 4.69) is 4.99 Å². The topological polar surface area (TPSA) is 38.7 Å². The number of halogens is 1. The van der Waals surface area contributed by atoms with Gasteiger partial charge >= 0.3 is 0 Å². The van der Waals surface area contributed by atoms with Gasteiger partial charge in [-0.25, -0.2) is 9.18 Å². The van der Waals surface area contributed by atoms with E-state index in [4.69, 9.17) is 4.74 Å². The molecule has 0 radical (unpaired) electrons. The molecule has 2 fully saturated rings. The minimum Gasteiger partial charge on any atom is -0.490 e. The second-order valence-corrected chi connectivity index (χ2v) is 5.49. The van der Waals surface area contributed by atoms with E-state index in [9.17, 15) is 9.18 Å². The van der Waals surface area contributed by atoms with Gasteiger partial charge in [0.1, 0.15) is 0 Å². The van der Waals surface area contributed by atoms with E-state index in [1.807, 2.05) is 6.07 Å². The summed E-state index contributed by atoms with van der Waals surface area (Å²) in [5.74, 6) is 0.516. The van der Waals surface area contributed by atoms with E-state index in [0.29, 0.717) is 18.3 Å². The number of ether oxygens (including phenoxy) is 1. The molecule has 3 nitrogen and oxygen atoms in total. The highest BCUT2D eigenvalue weighted by molar-refractivity contribution is 5.41. The SMILES string of the molecule is O=C=NC1(c2ccc(OCC3CC3)c(F)c2)CCC1. The molecule has 100 valence electrons. The Morgan fingerprint density at radius 3 is 2.74 bits per heavy atom. The lowest BCUT2D eigenvalue weighted by Crippen LogP contribution is -2.31. The van der Waals surface area contributed by atoms with Crippen LogP contribution in [0.4, 0.5) is 4.39 Å². The predicted molar refractivity (Wildman–Crippen MR) is 68.3 cm³/mol. The largest absolute Gasteiger partial charge is 0.490 e. The van der Waals surface area contributed by atoms with Crippen molar-refractivity contribution in [1.82, 2.24) is 0 Å². The fourth-order valence-corrected chi connectivity index (χ4v) is 2.46. The van der Waals surface area contributed by atoms with Crippen LogP contribution in [0.15, 0.2) is 23.2 Å². The number of carbonyl (C=O) groups excluding carboxylic acids is 1. The van der Waals surface area contributed by atoms with Crippen molar-refractivity contribution in [2.24, 2.45) is 10.9 Å². The summed E-state index contributed by atoms with van der Waals surface area (Å²) in [6.45, 7) is 0.591. The van der Waals surface area contributed by atoms with Crippen molar-refractivity contribution in [3.05, 3.63) is 29.6 Å². The van der Waals surface area contributed by atoms with E-state index in [1.54, 1.807) is 12.1 Å². The third kappa shape index (κ3) is 2.41. The number of aliphatic imine (C=N–C) groups is 1. The number of isocyanates is 1. The van der Waals surface area contributed by atoms with Gasteiger partial charge in [-0.3, -0.25) is 0 Å². The number of nitrogens with zero attached hydrogens (tertiary/aromatic N) is 1. The molecule has 2 aliphatic rings. The van der Waals surface area contributed by atoms with Gasteiger partial charge in [-0.2, -0.15) is 4.99 Å². The normalized spacial score (nSPS) is 20.3. The van der Waals surface area contributed by atoms with E-state index in [0.717, 1.165) is 24.8 Å². The number of benzene rings is 1. The fourth-order valence-electron chi connectivity index (χ4n) is 2.46. The zero-order valence-electron chi connectivity index (χ0n) is 10.7. The molecule has 0 saturated heterocycles. The van der Waals surface area contributed by atoms with Crippen LogP contribution in [0.3, 0.4) is 0 Å². The molecule has 0 unspecified atom stereocenters. The number of hydrogen-bond donors (Lipinski definition) is 0. The van der Waals surface area contributed by atoms with Gasteiger partial charge in [0.05, 0.1) is 12.1 Å². The molecule has 3 rings (SSSR count). The third-order valence-corrected chi connectivity index (χ3v) is 4.08. The summed E-state index contributed by atoms with van der Waals surface area (Å²) in [4.78, 5) is 14.4. The van der Waals surface area contributed by atoms with Crippen LogP contribution in [0, 0.1) is 11.7 Å². The van der Waals surface area contributed by atoms with Crippen LogP contribution in [-0.4, -0.2) is 12.7 Å². The van der Waals surface area contributed by atoms with Crippen molar-refractivity contribution in [2.75, 3.05) is 6.61 Å². The molecular formula is C15H16FNO2. The summed E-state index contributed by atoms with van der Waals surface area (Å²) in [5.41, 5.74) is 0.204. The van der Waals surface area contributed by atoms with Crippen LogP contribution >= 0.6 is 0 Å². The first-order valence-corrected chi connectivity index (χ1v) is 6.75. The molecule has 1 aromatic carbocycles. The maximum Gasteiger partial charge on any atom is 0.235 e. The fraction of sp³-hybridized carbons (Fsp3) is 0.533. The summed E-state index contributed by atoms with van der Waals surface area (Å²) >= 11 is 0. The lowest BCUT2D eigenvalue weighted by atomic mass is 9.72. The Morgan fingerprint density at radius 1 is 1.42 bits per heavy atom. The number of rotatable bonds is 5. The molecule has 0 bridgehead atoms. The highest BCUT2D eigenvalue weighted by Gasteiger charge is 2.39. The molecule has 19 heavy (non-hydrogen) atoms. The summed E-state index contributed by atoms with van der Waals surface area (Å²) < 4.78 is 19.4. The molecule has 2 saturated carbocycles. The maximum atomic E-state index is 14.0. The Labute approximate surface area is 111 Å². The van der Waals surface area contributed by atoms with Crippen LogP contribution in [0.1, 0.15) is 37.7 Å². The maximum absolute atomic E-state index is 14.0. The summed E-state index contributed by atoms with van der Waals surface area (Å²) in [5, 5.41) is 0. The summed E-state index contributed by atoms with van der Waals surface area (Å²) in [7, 11) is 0. The Balaban J connectivity index is 1.79. The van der Waals surface area contributed by atoms with Crippen molar-refractivity contribution < 1.29 is 13.9 Å². The number of hydrogen-bond acceptors (Lipinski definition) is 3. The van der Waals surface area contributed by atoms with E-state index in [-0.39, 0.29) is 5.82 Å². The molecular weight excluding hydrogens is 245 g/mol. The first-order chi connectivity index (χ1) is 9.23. The van der Waals surface area contributed by atoms with Gasteiger partial charge < -0.3 is 4.74 Å². The van der Waals surface area contributed by atoms with Crippen molar-refractivity contribution in [3.8, 4) is 5.75 Å². The van der Waals surface area contributed by atoms with Crippen LogP contribution in [-0.2, 0) is 10.3 Å². The quantitative estimate of drug-likeness (QED) is 0.602. The molecule has 0 heterocycles. The predicted octanol–water partition coefficient (Wildman–Crippen LogP) is 3.33. The molecule has 0 N–H and O–H groups in total. The summed E-state index contributed by atoms with van der Waals surface area (Å²) in [6.07, 6.45) is 6.54. The average Bonchev–Trinajstić information content (AvgIpc) is 3.16. The first-order valence-electron chi connectivity index (χ1n) is 6.75.